The average Bonchev–Trinajstić information content (AvgIpc) is 3.31. The van der Waals surface area contributed by atoms with Gasteiger partial charge in [0.05, 0.1) is 24.2 Å². The van der Waals surface area contributed by atoms with E-state index in [1.54, 1.807) is 47.9 Å². The van der Waals surface area contributed by atoms with Gasteiger partial charge < -0.3 is 20.7 Å². The largest absolute Gasteiger partial charge is 0.381 e. The zero-order chi connectivity index (χ0) is 28.8. The summed E-state index contributed by atoms with van der Waals surface area (Å²) in [6.45, 7) is 7.85. The Balaban J connectivity index is 0.000000373. The van der Waals surface area contributed by atoms with Crippen LogP contribution in [0.25, 0.3) is 11.3 Å². The number of pyridine rings is 2. The molecule has 11 heteroatoms. The molecule has 3 N–H and O–H groups in total. The lowest BCUT2D eigenvalue weighted by Gasteiger charge is -2.22. The first-order valence-electron chi connectivity index (χ1n) is 13.0. The zero-order valence-electron chi connectivity index (χ0n) is 23.9. The quantitative estimate of drug-likeness (QED) is 0.312. The molecule has 1 amide bonds. The Hall–Kier alpha value is -4.25. The molecule has 39 heavy (non-hydrogen) atoms. The summed E-state index contributed by atoms with van der Waals surface area (Å²) in [7, 11) is 5.16. The van der Waals surface area contributed by atoms with E-state index < -0.39 is 0 Å². The molecule has 5 rings (SSSR count). The van der Waals surface area contributed by atoms with Crippen LogP contribution in [-0.2, 0) is 9.53 Å². The summed E-state index contributed by atoms with van der Waals surface area (Å²) in [5, 5.41) is 12.8. The Bertz CT molecular complexity index is 1360. The summed E-state index contributed by atoms with van der Waals surface area (Å²) in [5.74, 6) is 1.34. The number of nitrogens with one attached hydrogen (secondary N) is 3. The Morgan fingerprint density at radius 2 is 1.82 bits per heavy atom. The Morgan fingerprint density at radius 1 is 1.10 bits per heavy atom. The molecule has 0 bridgehead atoms. The maximum Gasteiger partial charge on any atom is 0.278 e. The molecule has 1 fully saturated rings. The van der Waals surface area contributed by atoms with Crippen molar-refractivity contribution in [2.45, 2.75) is 53.1 Å². The molecule has 0 unspecified atom stereocenters. The van der Waals surface area contributed by atoms with Crippen LogP contribution in [0.4, 0.5) is 17.3 Å². The van der Waals surface area contributed by atoms with Gasteiger partial charge in [-0.3, -0.25) is 19.1 Å². The van der Waals surface area contributed by atoms with E-state index in [4.69, 9.17) is 9.53 Å². The number of hydrogen-bond acceptors (Lipinski definition) is 8. The second-order valence-corrected chi connectivity index (χ2v) is 8.41. The molecule has 1 aliphatic carbocycles. The molecular formula is C28H40N8O3. The molecule has 0 radical (unpaired) electrons. The van der Waals surface area contributed by atoms with Gasteiger partial charge in [0.1, 0.15) is 17.3 Å². The molecule has 4 aromatic rings. The summed E-state index contributed by atoms with van der Waals surface area (Å²) < 4.78 is 8.26. The first-order chi connectivity index (χ1) is 18.9. The number of carbonyl (C=O) groups excluding carboxylic acids is 1. The van der Waals surface area contributed by atoms with Gasteiger partial charge in [-0.2, -0.15) is 9.61 Å². The number of amides is 1. The molecule has 0 spiro atoms. The van der Waals surface area contributed by atoms with Crippen molar-refractivity contribution >= 4 is 29.4 Å². The Labute approximate surface area is 229 Å². The highest BCUT2D eigenvalue weighted by molar-refractivity contribution is 5.64. The predicted octanol–water partition coefficient (Wildman–Crippen LogP) is 4.25. The number of fused-ring (bicyclic) bond motifs is 1. The Morgan fingerprint density at radius 3 is 2.33 bits per heavy atom. The van der Waals surface area contributed by atoms with Crippen LogP contribution < -0.4 is 21.5 Å². The van der Waals surface area contributed by atoms with Crippen molar-refractivity contribution in [2.24, 2.45) is 0 Å². The number of rotatable bonds is 6. The summed E-state index contributed by atoms with van der Waals surface area (Å²) in [4.78, 5) is 30.8. The monoisotopic (exact) mass is 536 g/mol. The van der Waals surface area contributed by atoms with Gasteiger partial charge in [0.25, 0.3) is 5.56 Å². The average molecular weight is 537 g/mol. The fourth-order valence-electron chi connectivity index (χ4n) is 3.45. The minimum absolute atomic E-state index is 0.180. The highest BCUT2D eigenvalue weighted by atomic mass is 16.5. The first-order valence-corrected chi connectivity index (χ1v) is 13.0. The van der Waals surface area contributed by atoms with Crippen LogP contribution in [-0.4, -0.2) is 57.9 Å². The molecule has 11 nitrogen and oxygen atoms in total. The van der Waals surface area contributed by atoms with Gasteiger partial charge in [-0.15, -0.1) is 0 Å². The van der Waals surface area contributed by atoms with E-state index in [2.05, 4.69) is 31.0 Å². The second kappa shape index (κ2) is 15.9. The van der Waals surface area contributed by atoms with Crippen LogP contribution in [0.15, 0.2) is 53.7 Å². The van der Waals surface area contributed by atoms with Gasteiger partial charge in [0, 0.05) is 44.7 Å². The summed E-state index contributed by atoms with van der Waals surface area (Å²) in [5.41, 5.74) is 3.53. The molecule has 210 valence electrons. The number of carbonyl (C=O) groups is 1. The van der Waals surface area contributed by atoms with Crippen LogP contribution >= 0.6 is 0 Å². The normalized spacial score (nSPS) is 11.9. The lowest BCUT2D eigenvalue weighted by Crippen LogP contribution is -2.20. The van der Waals surface area contributed by atoms with E-state index in [9.17, 15) is 4.79 Å². The summed E-state index contributed by atoms with van der Waals surface area (Å²) >= 11 is 0. The van der Waals surface area contributed by atoms with Crippen molar-refractivity contribution < 1.29 is 9.53 Å². The highest BCUT2D eigenvalue weighted by Gasteiger charge is 2.15. The van der Waals surface area contributed by atoms with E-state index in [0.29, 0.717) is 29.7 Å². The van der Waals surface area contributed by atoms with Crippen LogP contribution in [0.1, 0.15) is 44.4 Å². The fraction of sp³-hybridized carbons (Fsp3) is 0.393. The van der Waals surface area contributed by atoms with E-state index in [1.807, 2.05) is 59.0 Å². The molecular weight excluding hydrogens is 496 g/mol. The molecule has 1 aliphatic rings. The third-order valence-corrected chi connectivity index (χ3v) is 5.79. The lowest BCUT2D eigenvalue weighted by atomic mass is 9.96. The number of hydrogen-bond donors (Lipinski definition) is 3. The molecule has 4 aromatic heterocycles. The highest BCUT2D eigenvalue weighted by Crippen LogP contribution is 2.21. The fourth-order valence-corrected chi connectivity index (χ4v) is 3.45. The maximum absolute atomic E-state index is 12.9. The van der Waals surface area contributed by atoms with Crippen LogP contribution in [0.5, 0.6) is 0 Å². The number of nitrogens with zero attached hydrogens (tertiary/aromatic N) is 5. The van der Waals surface area contributed by atoms with Crippen molar-refractivity contribution in [3.8, 4) is 5.69 Å². The second-order valence-electron chi connectivity index (χ2n) is 8.41. The minimum atomic E-state index is -0.180. The summed E-state index contributed by atoms with van der Waals surface area (Å²) in [6, 6.07) is 9.09. The SMILES string of the molecule is CC.CNC=O.CNc1cc(Nc2cccn(-c3ccc(C)nc3)c2=O)nc2c(C)cnn12.COC1CCC1. The number of methoxy groups -OCH3 is 1. The molecule has 1 saturated carbocycles. The van der Waals surface area contributed by atoms with Gasteiger partial charge in [0.15, 0.2) is 5.65 Å². The van der Waals surface area contributed by atoms with E-state index in [0.717, 1.165) is 22.7 Å². The van der Waals surface area contributed by atoms with Gasteiger partial charge in [0.2, 0.25) is 6.41 Å². The van der Waals surface area contributed by atoms with Crippen LogP contribution in [0.2, 0.25) is 0 Å². The predicted molar refractivity (Wildman–Crippen MR) is 156 cm³/mol. The molecule has 0 saturated heterocycles. The Kier molecular flexibility index (Phi) is 12.6. The van der Waals surface area contributed by atoms with Gasteiger partial charge in [-0.25, -0.2) is 4.98 Å². The van der Waals surface area contributed by atoms with Gasteiger partial charge in [-0.1, -0.05) is 13.8 Å². The van der Waals surface area contributed by atoms with Crippen molar-refractivity contribution in [1.29, 1.82) is 0 Å². The topological polar surface area (TPSA) is 127 Å². The van der Waals surface area contributed by atoms with Gasteiger partial charge >= 0.3 is 0 Å². The molecule has 0 atom stereocenters. The van der Waals surface area contributed by atoms with E-state index >= 15 is 0 Å². The number of anilines is 3. The standard InChI is InChI=1S/C19H19N7O.C5H10O.C2H5NO.C2H6/c1-12-10-22-26-17(20-3)9-16(24-18(12)26)23-15-5-4-8-25(19(15)27)14-7-6-13(2)21-11-14;1-6-5-3-2-4-5;1-3-2-4;1-2/h4-11,20H,1-3H3,(H,23,24);5H,2-4H2,1H3;2H,1H3,(H,3,4);1-2H3. The number of aryl methyl sites for hydroxylation is 2. The maximum atomic E-state index is 12.9. The van der Waals surface area contributed by atoms with Crippen molar-refractivity contribution in [3.05, 3.63) is 70.5 Å². The smallest absolute Gasteiger partial charge is 0.278 e. The van der Waals surface area contributed by atoms with Crippen molar-refractivity contribution in [3.63, 3.8) is 0 Å². The van der Waals surface area contributed by atoms with Crippen LogP contribution in [0.3, 0.4) is 0 Å². The number of ether oxygens (including phenoxy) is 1. The third-order valence-electron chi connectivity index (χ3n) is 5.79. The lowest BCUT2D eigenvalue weighted by molar-refractivity contribution is -0.109. The number of aromatic nitrogens is 5. The van der Waals surface area contributed by atoms with Crippen molar-refractivity contribution in [1.82, 2.24) is 29.5 Å². The zero-order valence-corrected chi connectivity index (χ0v) is 23.9. The summed E-state index contributed by atoms with van der Waals surface area (Å²) in [6.07, 6.45) is 10.3. The van der Waals surface area contributed by atoms with Crippen LogP contribution in [0, 0.1) is 13.8 Å². The third kappa shape index (κ3) is 8.37. The molecule has 4 heterocycles. The first kappa shape index (κ1) is 31.0. The van der Waals surface area contributed by atoms with E-state index in [1.165, 1.54) is 19.3 Å². The molecule has 0 aromatic carbocycles. The van der Waals surface area contributed by atoms with Gasteiger partial charge in [-0.05, 0) is 57.4 Å². The minimum Gasteiger partial charge on any atom is -0.381 e. The van der Waals surface area contributed by atoms with Crippen molar-refractivity contribution in [2.75, 3.05) is 31.8 Å². The van der Waals surface area contributed by atoms with E-state index in [-0.39, 0.29) is 5.56 Å². The molecule has 0 aliphatic heterocycles.